The Morgan fingerprint density at radius 1 is 0.667 bits per heavy atom. The molecule has 0 unspecified atom stereocenters. The van der Waals surface area contributed by atoms with Crippen LogP contribution < -0.4 is 12.3 Å². The van der Waals surface area contributed by atoms with E-state index in [1.54, 1.807) is 13.8 Å². The summed E-state index contributed by atoms with van der Waals surface area (Å²) in [5, 5.41) is 15.1. The average Bonchev–Trinajstić information content (AvgIpc) is 1.91. The maximum absolute atomic E-state index is 7.57. The van der Waals surface area contributed by atoms with Crippen molar-refractivity contribution in [2.75, 3.05) is 13.2 Å². The summed E-state index contributed by atoms with van der Waals surface area (Å²) >= 11 is 0. The predicted octanol–water partition coefficient (Wildman–Crippen LogP) is 2.13. The topological polar surface area (TPSA) is 110 Å². The molecule has 0 aromatic carbocycles. The van der Waals surface area contributed by atoms with Gasteiger partial charge in [-0.05, 0) is 13.8 Å². The summed E-state index contributed by atoms with van der Waals surface area (Å²) in [5.74, 6) is 0. The molecule has 4 heteroatoms. The first-order chi connectivity index (χ1) is 4.74. The fourth-order valence-electron chi connectivity index (χ4n) is 0. The molecule has 0 fully saturated rings. The van der Waals surface area contributed by atoms with Gasteiger partial charge in [0.1, 0.15) is 0 Å². The molecule has 0 radical (unpaired) electrons. The van der Waals surface area contributed by atoms with Crippen LogP contribution >= 0.6 is 0 Å². The number of aliphatic hydroxyl groups is 2. The van der Waals surface area contributed by atoms with Crippen molar-refractivity contribution in [1.29, 1.82) is 0 Å². The van der Waals surface area contributed by atoms with E-state index < -0.39 is 0 Å². The van der Waals surface area contributed by atoms with E-state index >= 15 is 0 Å². The van der Waals surface area contributed by atoms with Gasteiger partial charge in [-0.25, -0.2) is 0 Å². The third-order valence-electron chi connectivity index (χ3n) is 0.500. The number of aliphatic hydroxyl groups excluding tert-OH is 2. The molecule has 0 aromatic rings. The Morgan fingerprint density at radius 3 is 0.750 bits per heavy atom. The van der Waals surface area contributed by atoms with Crippen molar-refractivity contribution in [3.63, 3.8) is 0 Å². The molecule has 12 heavy (non-hydrogen) atoms. The van der Waals surface area contributed by atoms with E-state index in [1.807, 2.05) is 0 Å². The minimum Gasteiger partial charge on any atom is -0.397 e. The summed E-state index contributed by atoms with van der Waals surface area (Å²) in [4.78, 5) is 0. The van der Waals surface area contributed by atoms with Gasteiger partial charge in [-0.3, -0.25) is 0 Å². The molecular formula is C8H28N2O2. The van der Waals surface area contributed by atoms with E-state index in [1.165, 1.54) is 12.8 Å². The lowest BCUT2D eigenvalue weighted by molar-refractivity contribution is 0.318. The Balaban J connectivity index is -0.0000000191. The van der Waals surface area contributed by atoms with Gasteiger partial charge in [0.05, 0.1) is 0 Å². The molecule has 0 aliphatic carbocycles. The quantitative estimate of drug-likeness (QED) is 0.500. The minimum atomic E-state index is 0. The Morgan fingerprint density at radius 2 is 0.750 bits per heavy atom. The fourth-order valence-corrected chi connectivity index (χ4v) is 0. The molecule has 0 atom stereocenters. The third kappa shape index (κ3) is 1090. The van der Waals surface area contributed by atoms with Crippen LogP contribution in [0.2, 0.25) is 0 Å². The van der Waals surface area contributed by atoms with Gasteiger partial charge in [-0.15, -0.1) is 0 Å². The zero-order valence-electron chi connectivity index (χ0n) is 9.14. The van der Waals surface area contributed by atoms with E-state index in [4.69, 9.17) is 10.2 Å². The van der Waals surface area contributed by atoms with E-state index in [-0.39, 0.29) is 25.5 Å². The molecule has 0 aliphatic heterocycles. The van der Waals surface area contributed by atoms with Crippen LogP contribution in [0.15, 0.2) is 0 Å². The molecule has 0 amide bonds. The van der Waals surface area contributed by atoms with Gasteiger partial charge in [0.2, 0.25) is 0 Å². The Kier molecular flexibility index (Phi) is 176. The predicted molar refractivity (Wildman–Crippen MR) is 56.1 cm³/mol. The van der Waals surface area contributed by atoms with Gasteiger partial charge in [0, 0.05) is 13.2 Å². The van der Waals surface area contributed by atoms with Crippen molar-refractivity contribution in [1.82, 2.24) is 12.3 Å². The smallest absolute Gasteiger partial charge is 0.0402 e. The lowest BCUT2D eigenvalue weighted by atomic mass is 10.4. The second-order valence-electron chi connectivity index (χ2n) is 1.63. The average molecular weight is 184 g/mol. The number of rotatable bonds is 1. The van der Waals surface area contributed by atoms with Crippen LogP contribution in [0.3, 0.4) is 0 Å². The maximum atomic E-state index is 7.57. The minimum absolute atomic E-state index is 0. The van der Waals surface area contributed by atoms with Crippen molar-refractivity contribution in [3.05, 3.63) is 0 Å². The summed E-state index contributed by atoms with van der Waals surface area (Å²) in [6.45, 7) is 8.22. The maximum Gasteiger partial charge on any atom is 0.0402 e. The van der Waals surface area contributed by atoms with E-state index in [2.05, 4.69) is 13.8 Å². The van der Waals surface area contributed by atoms with Gasteiger partial charge < -0.3 is 22.5 Å². The van der Waals surface area contributed by atoms with Crippen LogP contribution in [0.1, 0.15) is 40.5 Å². The van der Waals surface area contributed by atoms with Gasteiger partial charge >= 0.3 is 0 Å². The Labute approximate surface area is 77.2 Å². The van der Waals surface area contributed by atoms with Crippen LogP contribution in [0.4, 0.5) is 0 Å². The summed E-state index contributed by atoms with van der Waals surface area (Å²) < 4.78 is 0. The molecule has 0 saturated heterocycles. The van der Waals surface area contributed by atoms with Crippen LogP contribution in [0.5, 0.6) is 0 Å². The molecule has 0 saturated carbocycles. The first-order valence-corrected chi connectivity index (χ1v) is 3.96. The molecular weight excluding hydrogens is 156 g/mol. The van der Waals surface area contributed by atoms with E-state index in [0.717, 1.165) is 0 Å². The highest BCUT2D eigenvalue weighted by Crippen LogP contribution is 1.76. The normalized spacial score (nSPS) is 5.50. The van der Waals surface area contributed by atoms with Gasteiger partial charge in [0.15, 0.2) is 0 Å². The molecule has 0 aromatic heterocycles. The van der Waals surface area contributed by atoms with Crippen molar-refractivity contribution in [2.45, 2.75) is 40.5 Å². The highest BCUT2D eigenvalue weighted by atomic mass is 16.3. The van der Waals surface area contributed by atoms with E-state index in [0.29, 0.717) is 0 Å². The van der Waals surface area contributed by atoms with Crippen LogP contribution in [0, 0.1) is 0 Å². The van der Waals surface area contributed by atoms with E-state index in [9.17, 15) is 0 Å². The van der Waals surface area contributed by atoms with Crippen LogP contribution in [0.25, 0.3) is 0 Å². The monoisotopic (exact) mass is 184 g/mol. The van der Waals surface area contributed by atoms with Crippen LogP contribution in [-0.2, 0) is 0 Å². The Bertz CT molecular complexity index is 27.0. The molecule has 0 heterocycles. The summed E-state index contributed by atoms with van der Waals surface area (Å²) in [5.41, 5.74) is 0. The standard InChI is InChI=1S/C4H10.2C2H6O.2H3N/c1-3-4-2;2*1-2-3;;/h3-4H2,1-2H3;2*3H,2H2,1H3;2*1H3. The molecule has 0 rings (SSSR count). The fraction of sp³-hybridized carbons (Fsp3) is 1.00. The Hall–Kier alpha value is -0.160. The molecule has 0 bridgehead atoms. The number of hydrogen-bond donors (Lipinski definition) is 4. The number of unbranched alkanes of at least 4 members (excludes halogenated alkanes) is 1. The first kappa shape index (κ1) is 29.7. The third-order valence-corrected chi connectivity index (χ3v) is 0.500. The summed E-state index contributed by atoms with van der Waals surface area (Å²) in [6, 6.07) is 0. The SMILES string of the molecule is CCCC.CCO.CCO.N.N. The first-order valence-electron chi connectivity index (χ1n) is 3.96. The highest BCUT2D eigenvalue weighted by Gasteiger charge is 1.56. The molecule has 4 nitrogen and oxygen atoms in total. The second kappa shape index (κ2) is 71.2. The summed E-state index contributed by atoms with van der Waals surface area (Å²) in [7, 11) is 0. The molecule has 82 valence electrons. The van der Waals surface area contributed by atoms with Crippen molar-refractivity contribution >= 4 is 0 Å². The molecule has 0 aliphatic rings. The lowest BCUT2D eigenvalue weighted by Crippen LogP contribution is -1.57. The van der Waals surface area contributed by atoms with Gasteiger partial charge in [-0.1, -0.05) is 26.7 Å². The molecule has 0 spiro atoms. The van der Waals surface area contributed by atoms with Crippen molar-refractivity contribution in [2.24, 2.45) is 0 Å². The highest BCUT2D eigenvalue weighted by molar-refractivity contribution is 4.12. The van der Waals surface area contributed by atoms with Gasteiger partial charge in [0.25, 0.3) is 0 Å². The zero-order valence-corrected chi connectivity index (χ0v) is 9.14. The molecule has 8 N–H and O–H groups in total. The number of hydrogen-bond acceptors (Lipinski definition) is 4. The lowest BCUT2D eigenvalue weighted by Gasteiger charge is -1.68. The van der Waals surface area contributed by atoms with Crippen molar-refractivity contribution in [3.8, 4) is 0 Å². The summed E-state index contributed by atoms with van der Waals surface area (Å²) in [6.07, 6.45) is 2.64. The van der Waals surface area contributed by atoms with Gasteiger partial charge in [-0.2, -0.15) is 0 Å². The zero-order chi connectivity index (χ0) is 8.83. The van der Waals surface area contributed by atoms with Crippen molar-refractivity contribution < 1.29 is 10.2 Å². The largest absolute Gasteiger partial charge is 0.397 e. The van der Waals surface area contributed by atoms with Crippen LogP contribution in [-0.4, -0.2) is 23.4 Å². The second-order valence-corrected chi connectivity index (χ2v) is 1.63.